The van der Waals surface area contributed by atoms with E-state index in [4.69, 9.17) is 4.98 Å². The van der Waals surface area contributed by atoms with Crippen LogP contribution in [-0.4, -0.2) is 47.0 Å². The predicted molar refractivity (Wildman–Crippen MR) is 108 cm³/mol. The highest BCUT2D eigenvalue weighted by atomic mass is 79.9. The Labute approximate surface area is 163 Å². The zero-order chi connectivity index (χ0) is 18.8. The number of aromatic nitrogens is 2. The summed E-state index contributed by atoms with van der Waals surface area (Å²) in [5.74, 6) is 2.25. The maximum atomic E-state index is 12.8. The van der Waals surface area contributed by atoms with Crippen molar-refractivity contribution in [2.24, 2.45) is 0 Å². The maximum Gasteiger partial charge on any atom is 0.254 e. The zero-order valence-electron chi connectivity index (χ0n) is 15.8. The van der Waals surface area contributed by atoms with Crippen molar-refractivity contribution in [1.29, 1.82) is 0 Å². The Morgan fingerprint density at radius 2 is 1.77 bits per heavy atom. The molecule has 0 N–H and O–H groups in total. The third-order valence-electron chi connectivity index (χ3n) is 4.68. The van der Waals surface area contributed by atoms with Crippen molar-refractivity contribution in [2.45, 2.75) is 33.6 Å². The molecule has 0 spiro atoms. The number of halogens is 1. The van der Waals surface area contributed by atoms with E-state index >= 15 is 0 Å². The summed E-state index contributed by atoms with van der Waals surface area (Å²) in [6.45, 7) is 11.2. The van der Waals surface area contributed by atoms with Crippen LogP contribution in [0.15, 0.2) is 28.7 Å². The van der Waals surface area contributed by atoms with E-state index < -0.39 is 0 Å². The lowest BCUT2D eigenvalue weighted by molar-refractivity contribution is 0.0745. The van der Waals surface area contributed by atoms with Gasteiger partial charge in [-0.15, -0.1) is 0 Å². The second kappa shape index (κ2) is 7.74. The molecule has 1 fully saturated rings. The average Bonchev–Trinajstić information content (AvgIpc) is 2.61. The van der Waals surface area contributed by atoms with Crippen LogP contribution in [0, 0.1) is 13.8 Å². The van der Waals surface area contributed by atoms with Gasteiger partial charge in [0.25, 0.3) is 5.91 Å². The molecule has 138 valence electrons. The van der Waals surface area contributed by atoms with Gasteiger partial charge in [-0.2, -0.15) is 0 Å². The molecule has 0 atom stereocenters. The van der Waals surface area contributed by atoms with E-state index in [1.54, 1.807) is 0 Å². The van der Waals surface area contributed by atoms with Crippen molar-refractivity contribution in [1.82, 2.24) is 14.9 Å². The summed E-state index contributed by atoms with van der Waals surface area (Å²) in [7, 11) is 0. The molecule has 3 rings (SSSR count). The van der Waals surface area contributed by atoms with Gasteiger partial charge in [0.2, 0.25) is 0 Å². The van der Waals surface area contributed by atoms with Crippen LogP contribution in [0.2, 0.25) is 0 Å². The first-order chi connectivity index (χ1) is 12.3. The number of piperazine rings is 1. The monoisotopic (exact) mass is 416 g/mol. The number of hydrogen-bond donors (Lipinski definition) is 0. The normalized spacial score (nSPS) is 14.8. The van der Waals surface area contributed by atoms with Gasteiger partial charge in [0.1, 0.15) is 11.6 Å². The van der Waals surface area contributed by atoms with Gasteiger partial charge in [0.15, 0.2) is 0 Å². The van der Waals surface area contributed by atoms with E-state index in [1.165, 1.54) is 0 Å². The van der Waals surface area contributed by atoms with Crippen LogP contribution in [-0.2, 0) is 0 Å². The number of hydrogen-bond acceptors (Lipinski definition) is 4. The van der Waals surface area contributed by atoms with Gasteiger partial charge in [-0.3, -0.25) is 4.79 Å². The first-order valence-electron chi connectivity index (χ1n) is 9.01. The number of anilines is 1. The van der Waals surface area contributed by atoms with Gasteiger partial charge in [0.05, 0.1) is 0 Å². The Morgan fingerprint density at radius 1 is 1.08 bits per heavy atom. The Hall–Kier alpha value is -1.95. The minimum atomic E-state index is 0.108. The summed E-state index contributed by atoms with van der Waals surface area (Å²) in [6, 6.07) is 7.84. The molecular weight excluding hydrogens is 392 g/mol. The lowest BCUT2D eigenvalue weighted by Crippen LogP contribution is -2.49. The van der Waals surface area contributed by atoms with E-state index in [0.717, 1.165) is 46.0 Å². The minimum absolute atomic E-state index is 0.108. The van der Waals surface area contributed by atoms with Gasteiger partial charge in [0, 0.05) is 53.9 Å². The number of benzene rings is 1. The van der Waals surface area contributed by atoms with Crippen LogP contribution in [0.5, 0.6) is 0 Å². The SMILES string of the molecule is Cc1cc(N2CCN(C(=O)c3ccc(Br)cc3C)CC2)nc(C(C)C)n1. The number of nitrogens with zero attached hydrogens (tertiary/aromatic N) is 4. The van der Waals surface area contributed by atoms with Gasteiger partial charge in [-0.1, -0.05) is 29.8 Å². The number of carbonyl (C=O) groups excluding carboxylic acids is 1. The number of amides is 1. The van der Waals surface area contributed by atoms with Crippen LogP contribution in [0.4, 0.5) is 5.82 Å². The Kier molecular flexibility index (Phi) is 5.61. The number of rotatable bonds is 3. The zero-order valence-corrected chi connectivity index (χ0v) is 17.4. The summed E-state index contributed by atoms with van der Waals surface area (Å²) in [5.41, 5.74) is 2.77. The molecule has 26 heavy (non-hydrogen) atoms. The highest BCUT2D eigenvalue weighted by Gasteiger charge is 2.24. The van der Waals surface area contributed by atoms with Crippen molar-refractivity contribution in [3.8, 4) is 0 Å². The van der Waals surface area contributed by atoms with Crippen LogP contribution in [0.25, 0.3) is 0 Å². The van der Waals surface area contributed by atoms with Crippen molar-refractivity contribution < 1.29 is 4.79 Å². The van der Waals surface area contributed by atoms with Gasteiger partial charge in [-0.25, -0.2) is 9.97 Å². The van der Waals surface area contributed by atoms with Crippen LogP contribution in [0.1, 0.15) is 47.2 Å². The molecule has 0 unspecified atom stereocenters. The third kappa shape index (κ3) is 4.06. The Balaban J connectivity index is 1.70. The van der Waals surface area contributed by atoms with Crippen molar-refractivity contribution >= 4 is 27.7 Å². The van der Waals surface area contributed by atoms with E-state index in [2.05, 4.69) is 39.7 Å². The molecule has 0 saturated carbocycles. The summed E-state index contributed by atoms with van der Waals surface area (Å²) < 4.78 is 0.997. The molecule has 1 amide bonds. The first-order valence-corrected chi connectivity index (χ1v) is 9.80. The lowest BCUT2D eigenvalue weighted by Gasteiger charge is -2.36. The predicted octanol–water partition coefficient (Wildman–Crippen LogP) is 3.94. The molecule has 1 aliphatic rings. The average molecular weight is 417 g/mol. The summed E-state index contributed by atoms with van der Waals surface area (Å²) in [5, 5.41) is 0. The highest BCUT2D eigenvalue weighted by Crippen LogP contribution is 2.21. The Morgan fingerprint density at radius 3 is 2.38 bits per heavy atom. The fourth-order valence-electron chi connectivity index (χ4n) is 3.17. The molecule has 0 aliphatic carbocycles. The molecule has 2 heterocycles. The van der Waals surface area contributed by atoms with Crippen LogP contribution < -0.4 is 4.90 Å². The Bertz CT molecular complexity index is 813. The standard InChI is InChI=1S/C20H25BrN4O/c1-13(2)19-22-15(4)12-18(23-19)24-7-9-25(10-8-24)20(26)17-6-5-16(21)11-14(17)3/h5-6,11-13H,7-10H2,1-4H3. The molecule has 0 bridgehead atoms. The molecule has 2 aromatic rings. The maximum absolute atomic E-state index is 12.8. The summed E-state index contributed by atoms with van der Waals surface area (Å²) in [6.07, 6.45) is 0. The molecule has 1 aromatic heterocycles. The van der Waals surface area contributed by atoms with Crippen molar-refractivity contribution in [3.63, 3.8) is 0 Å². The van der Waals surface area contributed by atoms with Gasteiger partial charge in [-0.05, 0) is 37.6 Å². The second-order valence-electron chi connectivity index (χ2n) is 7.12. The summed E-state index contributed by atoms with van der Waals surface area (Å²) >= 11 is 3.45. The fourth-order valence-corrected chi connectivity index (χ4v) is 3.65. The first kappa shape index (κ1) is 18.8. The second-order valence-corrected chi connectivity index (χ2v) is 8.03. The minimum Gasteiger partial charge on any atom is -0.353 e. The highest BCUT2D eigenvalue weighted by molar-refractivity contribution is 9.10. The summed E-state index contributed by atoms with van der Waals surface area (Å²) in [4.78, 5) is 26.3. The molecular formula is C20H25BrN4O. The smallest absolute Gasteiger partial charge is 0.254 e. The number of carbonyl (C=O) groups is 1. The molecule has 5 nitrogen and oxygen atoms in total. The van der Waals surface area contributed by atoms with E-state index in [9.17, 15) is 4.79 Å². The van der Waals surface area contributed by atoms with Crippen molar-refractivity contribution in [3.05, 3.63) is 51.4 Å². The molecule has 1 saturated heterocycles. The molecule has 6 heteroatoms. The van der Waals surface area contributed by atoms with E-state index in [1.807, 2.05) is 43.0 Å². The molecule has 0 radical (unpaired) electrons. The lowest BCUT2D eigenvalue weighted by atomic mass is 10.1. The molecule has 1 aromatic carbocycles. The van der Waals surface area contributed by atoms with E-state index in [-0.39, 0.29) is 5.91 Å². The largest absolute Gasteiger partial charge is 0.353 e. The van der Waals surface area contributed by atoms with Gasteiger partial charge >= 0.3 is 0 Å². The van der Waals surface area contributed by atoms with Gasteiger partial charge < -0.3 is 9.80 Å². The quantitative estimate of drug-likeness (QED) is 0.759. The number of aryl methyl sites for hydroxylation is 2. The fraction of sp³-hybridized carbons (Fsp3) is 0.450. The van der Waals surface area contributed by atoms with Crippen LogP contribution >= 0.6 is 15.9 Å². The topological polar surface area (TPSA) is 49.3 Å². The van der Waals surface area contributed by atoms with E-state index in [0.29, 0.717) is 19.0 Å². The third-order valence-corrected chi connectivity index (χ3v) is 5.18. The molecule has 1 aliphatic heterocycles. The van der Waals surface area contributed by atoms with Crippen molar-refractivity contribution in [2.75, 3.05) is 31.1 Å². The van der Waals surface area contributed by atoms with Crippen LogP contribution in [0.3, 0.4) is 0 Å².